The molecule has 4 nitrogen and oxygen atoms in total. The fourth-order valence-corrected chi connectivity index (χ4v) is 4.60. The van der Waals surface area contributed by atoms with Gasteiger partial charge in [0.05, 0.1) is 6.04 Å². The summed E-state index contributed by atoms with van der Waals surface area (Å²) < 4.78 is 6.19. The molecule has 1 saturated heterocycles. The Kier molecular flexibility index (Phi) is 5.74. The van der Waals surface area contributed by atoms with Gasteiger partial charge < -0.3 is 9.84 Å². The number of carboxylic acid groups (broad SMARTS) is 1. The van der Waals surface area contributed by atoms with Gasteiger partial charge in [-0.2, -0.15) is 11.3 Å². The van der Waals surface area contributed by atoms with E-state index >= 15 is 0 Å². The molecule has 5 heteroatoms. The quantitative estimate of drug-likeness (QED) is 0.616. The van der Waals surface area contributed by atoms with Crippen LogP contribution in [0.25, 0.3) is 0 Å². The number of ether oxygens (including phenoxy) is 1. The molecule has 2 aromatic carbocycles. The van der Waals surface area contributed by atoms with Crippen LogP contribution >= 0.6 is 11.3 Å². The molecule has 0 amide bonds. The van der Waals surface area contributed by atoms with Crippen LogP contribution in [0.5, 0.6) is 5.75 Å². The predicted octanol–water partition coefficient (Wildman–Crippen LogP) is 4.97. The molecule has 0 bridgehead atoms. The van der Waals surface area contributed by atoms with E-state index in [-0.39, 0.29) is 6.04 Å². The van der Waals surface area contributed by atoms with Crippen LogP contribution in [-0.4, -0.2) is 28.6 Å². The van der Waals surface area contributed by atoms with Crippen molar-refractivity contribution < 1.29 is 14.6 Å². The molecule has 1 aliphatic rings. The highest BCUT2D eigenvalue weighted by atomic mass is 32.1. The van der Waals surface area contributed by atoms with Crippen molar-refractivity contribution >= 4 is 17.3 Å². The van der Waals surface area contributed by atoms with Crippen LogP contribution in [0.4, 0.5) is 0 Å². The van der Waals surface area contributed by atoms with Crippen LogP contribution in [0.15, 0.2) is 71.4 Å². The Morgan fingerprint density at radius 3 is 2.68 bits per heavy atom. The third-order valence-electron chi connectivity index (χ3n) is 5.22. The van der Waals surface area contributed by atoms with Crippen LogP contribution in [0.1, 0.15) is 35.6 Å². The van der Waals surface area contributed by atoms with E-state index in [0.29, 0.717) is 13.0 Å². The fourth-order valence-electron chi connectivity index (χ4n) is 3.92. The number of likely N-dealkylation sites (tertiary alicyclic amines) is 1. The van der Waals surface area contributed by atoms with Gasteiger partial charge in [0.25, 0.3) is 0 Å². The van der Waals surface area contributed by atoms with Crippen LogP contribution in [0, 0.1) is 0 Å². The van der Waals surface area contributed by atoms with Gasteiger partial charge in [-0.3, -0.25) is 9.69 Å². The number of benzene rings is 2. The molecule has 0 saturated carbocycles. The molecule has 4 rings (SSSR count). The van der Waals surface area contributed by atoms with Gasteiger partial charge in [0.1, 0.15) is 18.4 Å². The number of aliphatic carboxylic acids is 1. The summed E-state index contributed by atoms with van der Waals surface area (Å²) in [6.45, 7) is 1.25. The van der Waals surface area contributed by atoms with E-state index in [1.165, 1.54) is 0 Å². The Morgan fingerprint density at radius 2 is 1.93 bits per heavy atom. The van der Waals surface area contributed by atoms with Gasteiger partial charge >= 0.3 is 5.97 Å². The van der Waals surface area contributed by atoms with Gasteiger partial charge in [-0.05, 0) is 46.9 Å². The third kappa shape index (κ3) is 3.96. The lowest BCUT2D eigenvalue weighted by atomic mass is 9.97. The molecule has 28 heavy (non-hydrogen) atoms. The van der Waals surface area contributed by atoms with Crippen molar-refractivity contribution in [3.63, 3.8) is 0 Å². The molecule has 2 unspecified atom stereocenters. The smallest absolute Gasteiger partial charge is 0.320 e. The average molecular weight is 394 g/mol. The first-order valence-electron chi connectivity index (χ1n) is 9.50. The van der Waals surface area contributed by atoms with E-state index in [4.69, 9.17) is 4.74 Å². The summed E-state index contributed by atoms with van der Waals surface area (Å²) in [5.74, 6) is 0.0546. The lowest BCUT2D eigenvalue weighted by Gasteiger charge is -2.32. The Labute approximate surface area is 169 Å². The largest absolute Gasteiger partial charge is 0.489 e. The van der Waals surface area contributed by atoms with E-state index in [2.05, 4.69) is 22.4 Å². The fraction of sp³-hybridized carbons (Fsp3) is 0.261. The summed E-state index contributed by atoms with van der Waals surface area (Å²) in [7, 11) is 0. The lowest BCUT2D eigenvalue weighted by Crippen LogP contribution is -2.39. The van der Waals surface area contributed by atoms with Gasteiger partial charge in [0.15, 0.2) is 0 Å². The maximum atomic E-state index is 11.8. The van der Waals surface area contributed by atoms with Crippen molar-refractivity contribution in [2.75, 3.05) is 6.54 Å². The number of thiophene rings is 1. The van der Waals surface area contributed by atoms with Crippen molar-refractivity contribution in [2.24, 2.45) is 0 Å². The number of rotatable bonds is 7. The third-order valence-corrected chi connectivity index (χ3v) is 5.92. The molecule has 3 aromatic rings. The maximum Gasteiger partial charge on any atom is 0.320 e. The van der Waals surface area contributed by atoms with E-state index in [1.807, 2.05) is 53.9 Å². The zero-order valence-corrected chi connectivity index (χ0v) is 16.3. The van der Waals surface area contributed by atoms with Crippen LogP contribution in [0.2, 0.25) is 0 Å². The summed E-state index contributed by atoms with van der Waals surface area (Å²) in [5.41, 5.74) is 3.24. The first-order chi connectivity index (χ1) is 13.7. The first kappa shape index (κ1) is 18.7. The van der Waals surface area contributed by atoms with Gasteiger partial charge in [-0.25, -0.2) is 0 Å². The van der Waals surface area contributed by atoms with Crippen molar-refractivity contribution in [1.29, 1.82) is 0 Å². The molecule has 2 heterocycles. The molecule has 144 valence electrons. The number of carboxylic acids is 1. The molecule has 0 aliphatic carbocycles. The molecule has 1 aliphatic heterocycles. The Hall–Kier alpha value is -2.63. The Morgan fingerprint density at radius 1 is 1.14 bits per heavy atom. The number of hydrogen-bond acceptors (Lipinski definition) is 4. The van der Waals surface area contributed by atoms with E-state index in [0.717, 1.165) is 35.4 Å². The van der Waals surface area contributed by atoms with Crippen molar-refractivity contribution in [1.82, 2.24) is 4.90 Å². The first-order valence-corrected chi connectivity index (χ1v) is 10.4. The second-order valence-electron chi connectivity index (χ2n) is 7.01. The minimum atomic E-state index is -0.750. The minimum absolute atomic E-state index is 0.123. The van der Waals surface area contributed by atoms with Crippen molar-refractivity contribution in [3.8, 4) is 5.75 Å². The lowest BCUT2D eigenvalue weighted by molar-refractivity contribution is -0.142. The second-order valence-corrected chi connectivity index (χ2v) is 7.79. The molecule has 0 spiro atoms. The highest BCUT2D eigenvalue weighted by Crippen LogP contribution is 2.39. The van der Waals surface area contributed by atoms with Gasteiger partial charge in [0.2, 0.25) is 0 Å². The monoisotopic (exact) mass is 393 g/mol. The second kappa shape index (κ2) is 8.59. The maximum absolute atomic E-state index is 11.8. The van der Waals surface area contributed by atoms with Crippen LogP contribution < -0.4 is 4.74 Å². The van der Waals surface area contributed by atoms with Gasteiger partial charge in [-0.15, -0.1) is 0 Å². The molecule has 0 radical (unpaired) electrons. The van der Waals surface area contributed by atoms with Gasteiger partial charge in [0, 0.05) is 12.1 Å². The minimum Gasteiger partial charge on any atom is -0.489 e. The van der Waals surface area contributed by atoms with Gasteiger partial charge in [-0.1, -0.05) is 48.5 Å². The summed E-state index contributed by atoms with van der Waals surface area (Å²) in [6.07, 6.45) is 1.58. The van der Waals surface area contributed by atoms with Crippen molar-refractivity contribution in [3.05, 3.63) is 88.1 Å². The summed E-state index contributed by atoms with van der Waals surface area (Å²) in [4.78, 5) is 13.9. The number of carbonyl (C=O) groups is 1. The average Bonchev–Trinajstić information content (AvgIpc) is 3.41. The number of para-hydroxylation sites is 1. The number of hydrogen-bond donors (Lipinski definition) is 1. The summed E-state index contributed by atoms with van der Waals surface area (Å²) in [6, 6.07) is 19.6. The van der Waals surface area contributed by atoms with E-state index in [1.54, 1.807) is 11.3 Å². The molecule has 1 fully saturated rings. The highest BCUT2D eigenvalue weighted by Gasteiger charge is 2.38. The SMILES string of the molecule is O=C(O)C1CCCN1C(c1ccsc1)c1ccccc1OCc1ccccc1. The number of nitrogens with zero attached hydrogens (tertiary/aromatic N) is 1. The highest BCUT2D eigenvalue weighted by molar-refractivity contribution is 7.08. The Balaban J connectivity index is 1.68. The molecule has 1 N–H and O–H groups in total. The molecular formula is C23H23NO3S. The normalized spacial score (nSPS) is 18.1. The van der Waals surface area contributed by atoms with E-state index < -0.39 is 12.0 Å². The molecule has 1 aromatic heterocycles. The van der Waals surface area contributed by atoms with Crippen molar-refractivity contribution in [2.45, 2.75) is 31.5 Å². The van der Waals surface area contributed by atoms with E-state index in [9.17, 15) is 9.90 Å². The summed E-state index contributed by atoms with van der Waals surface area (Å²) >= 11 is 1.63. The predicted molar refractivity (Wildman–Crippen MR) is 111 cm³/mol. The Bertz CT molecular complexity index is 911. The van der Waals surface area contributed by atoms with Crippen LogP contribution in [-0.2, 0) is 11.4 Å². The van der Waals surface area contributed by atoms with Crippen LogP contribution in [0.3, 0.4) is 0 Å². The standard InChI is InChI=1S/C23H23NO3S/c25-23(26)20-10-6-13-24(20)22(18-12-14-28-16-18)19-9-4-5-11-21(19)27-15-17-7-2-1-3-8-17/h1-5,7-9,11-12,14,16,20,22H,6,10,13,15H2,(H,25,26). The molecular weight excluding hydrogens is 370 g/mol. The topological polar surface area (TPSA) is 49.8 Å². The zero-order chi connectivity index (χ0) is 19.3. The molecule has 2 atom stereocenters. The zero-order valence-electron chi connectivity index (χ0n) is 15.5. The summed E-state index contributed by atoms with van der Waals surface area (Å²) in [5, 5.41) is 13.9.